The highest BCUT2D eigenvalue weighted by atomic mass is 32.2. The Morgan fingerprint density at radius 3 is 2.93 bits per heavy atom. The lowest BCUT2D eigenvalue weighted by Crippen LogP contribution is -1.81. The van der Waals surface area contributed by atoms with Crippen molar-refractivity contribution in [1.29, 1.82) is 5.26 Å². The SMILES string of the molecule is N#CSc1ccc2cccc(O)c2n1. The highest BCUT2D eigenvalue weighted by Gasteiger charge is 2.02. The molecule has 2 rings (SSSR count). The average molecular weight is 202 g/mol. The summed E-state index contributed by atoms with van der Waals surface area (Å²) in [4.78, 5) is 4.15. The van der Waals surface area contributed by atoms with Gasteiger partial charge in [-0.2, -0.15) is 5.26 Å². The largest absolute Gasteiger partial charge is 0.506 e. The van der Waals surface area contributed by atoms with Gasteiger partial charge in [0.15, 0.2) is 0 Å². The summed E-state index contributed by atoms with van der Waals surface area (Å²) in [6.45, 7) is 0. The number of benzene rings is 1. The second kappa shape index (κ2) is 3.56. The number of thioether (sulfide) groups is 1. The third-order valence-corrected chi connectivity index (χ3v) is 2.35. The van der Waals surface area contributed by atoms with Gasteiger partial charge in [0.2, 0.25) is 0 Å². The van der Waals surface area contributed by atoms with Crippen LogP contribution < -0.4 is 0 Å². The molecule has 0 saturated heterocycles. The summed E-state index contributed by atoms with van der Waals surface area (Å²) in [6.07, 6.45) is 0. The van der Waals surface area contributed by atoms with E-state index >= 15 is 0 Å². The molecule has 0 spiro atoms. The molecule has 68 valence electrons. The van der Waals surface area contributed by atoms with Crippen LogP contribution in [0.3, 0.4) is 0 Å². The van der Waals surface area contributed by atoms with Crippen molar-refractivity contribution in [1.82, 2.24) is 4.98 Å². The van der Waals surface area contributed by atoms with Gasteiger partial charge in [0.1, 0.15) is 21.7 Å². The molecular formula is C10H6N2OS. The van der Waals surface area contributed by atoms with E-state index in [9.17, 15) is 5.11 Å². The number of nitrogens with zero attached hydrogens (tertiary/aromatic N) is 2. The fraction of sp³-hybridized carbons (Fsp3) is 0. The molecular weight excluding hydrogens is 196 g/mol. The van der Waals surface area contributed by atoms with Gasteiger partial charge >= 0.3 is 0 Å². The summed E-state index contributed by atoms with van der Waals surface area (Å²) in [5.74, 6) is 0.142. The van der Waals surface area contributed by atoms with Crippen LogP contribution in [-0.4, -0.2) is 10.1 Å². The molecule has 0 fully saturated rings. The summed E-state index contributed by atoms with van der Waals surface area (Å²) in [6, 6.07) is 8.80. The molecule has 4 heteroatoms. The highest BCUT2D eigenvalue weighted by molar-refractivity contribution is 8.03. The van der Waals surface area contributed by atoms with Crippen molar-refractivity contribution in [2.75, 3.05) is 0 Å². The van der Waals surface area contributed by atoms with Crippen molar-refractivity contribution in [2.24, 2.45) is 0 Å². The molecule has 14 heavy (non-hydrogen) atoms. The first-order valence-electron chi connectivity index (χ1n) is 3.96. The van der Waals surface area contributed by atoms with Gasteiger partial charge in [0.05, 0.1) is 0 Å². The maximum absolute atomic E-state index is 9.51. The normalized spacial score (nSPS) is 9.93. The fourth-order valence-corrected chi connectivity index (χ4v) is 1.58. The monoisotopic (exact) mass is 202 g/mol. The van der Waals surface area contributed by atoms with Crippen LogP contribution in [0.1, 0.15) is 0 Å². The van der Waals surface area contributed by atoms with Crippen molar-refractivity contribution >= 4 is 22.7 Å². The topological polar surface area (TPSA) is 56.9 Å². The number of rotatable bonds is 1. The van der Waals surface area contributed by atoms with Crippen LogP contribution in [0.15, 0.2) is 35.4 Å². The molecule has 0 radical (unpaired) electrons. The zero-order valence-electron chi connectivity index (χ0n) is 7.14. The van der Waals surface area contributed by atoms with E-state index in [2.05, 4.69) is 4.98 Å². The van der Waals surface area contributed by atoms with Crippen LogP contribution in [0.4, 0.5) is 0 Å². The van der Waals surface area contributed by atoms with Gasteiger partial charge in [0.25, 0.3) is 0 Å². The molecule has 1 aromatic carbocycles. The third kappa shape index (κ3) is 1.50. The van der Waals surface area contributed by atoms with Gasteiger partial charge in [-0.1, -0.05) is 12.1 Å². The van der Waals surface area contributed by atoms with Crippen molar-refractivity contribution in [2.45, 2.75) is 5.03 Å². The van der Waals surface area contributed by atoms with Gasteiger partial charge in [0, 0.05) is 17.1 Å². The number of aromatic hydroxyl groups is 1. The second-order valence-corrected chi connectivity index (χ2v) is 3.50. The number of thiocyanates is 1. The number of pyridine rings is 1. The maximum atomic E-state index is 9.51. The highest BCUT2D eigenvalue weighted by Crippen LogP contribution is 2.25. The smallest absolute Gasteiger partial charge is 0.141 e. The molecule has 1 N–H and O–H groups in total. The molecule has 0 aliphatic rings. The van der Waals surface area contributed by atoms with Crippen molar-refractivity contribution < 1.29 is 5.11 Å². The Labute approximate surface area is 85.0 Å². The molecule has 0 amide bonds. The summed E-state index contributed by atoms with van der Waals surface area (Å²) < 4.78 is 0. The number of para-hydroxylation sites is 1. The van der Waals surface area contributed by atoms with Crippen LogP contribution >= 0.6 is 11.8 Å². The van der Waals surface area contributed by atoms with Crippen molar-refractivity contribution in [3.05, 3.63) is 30.3 Å². The fourth-order valence-electron chi connectivity index (χ4n) is 1.22. The Bertz CT molecular complexity index is 519. The third-order valence-electron chi connectivity index (χ3n) is 1.82. The Kier molecular flexibility index (Phi) is 2.25. The number of nitriles is 1. The number of hydrogen-bond acceptors (Lipinski definition) is 4. The van der Waals surface area contributed by atoms with E-state index in [0.29, 0.717) is 10.5 Å². The molecule has 0 aliphatic carbocycles. The standard InChI is InChI=1S/C10H6N2OS/c11-6-14-9-5-4-7-2-1-3-8(13)10(7)12-9/h1-5,13H. The Morgan fingerprint density at radius 2 is 2.14 bits per heavy atom. The second-order valence-electron chi connectivity index (χ2n) is 2.69. The molecule has 0 aliphatic heterocycles. The maximum Gasteiger partial charge on any atom is 0.141 e. The quantitative estimate of drug-likeness (QED) is 0.570. The van der Waals surface area contributed by atoms with E-state index in [-0.39, 0.29) is 5.75 Å². The van der Waals surface area contributed by atoms with Gasteiger partial charge in [-0.25, -0.2) is 4.98 Å². The predicted octanol–water partition coefficient (Wildman–Crippen LogP) is 2.51. The van der Waals surface area contributed by atoms with Gasteiger partial charge in [-0.15, -0.1) is 0 Å². The molecule has 3 nitrogen and oxygen atoms in total. The number of hydrogen-bond donors (Lipinski definition) is 1. The van der Waals surface area contributed by atoms with E-state index in [1.54, 1.807) is 18.2 Å². The van der Waals surface area contributed by atoms with Crippen molar-refractivity contribution in [3.63, 3.8) is 0 Å². The Hall–Kier alpha value is -1.73. The molecule has 1 aromatic heterocycles. The van der Waals surface area contributed by atoms with Gasteiger partial charge < -0.3 is 5.11 Å². The number of aromatic nitrogens is 1. The minimum atomic E-state index is 0.142. The summed E-state index contributed by atoms with van der Waals surface area (Å²) in [5, 5.41) is 21.4. The van der Waals surface area contributed by atoms with Crippen LogP contribution in [0.2, 0.25) is 0 Å². The zero-order chi connectivity index (χ0) is 9.97. The zero-order valence-corrected chi connectivity index (χ0v) is 7.95. The molecule has 0 bridgehead atoms. The predicted molar refractivity (Wildman–Crippen MR) is 54.9 cm³/mol. The van der Waals surface area contributed by atoms with Crippen LogP contribution in [0.5, 0.6) is 5.75 Å². The van der Waals surface area contributed by atoms with Gasteiger partial charge in [-0.3, -0.25) is 0 Å². The van der Waals surface area contributed by atoms with Crippen LogP contribution in [-0.2, 0) is 0 Å². The molecule has 0 atom stereocenters. The van der Waals surface area contributed by atoms with E-state index < -0.39 is 0 Å². The molecule has 2 aromatic rings. The van der Waals surface area contributed by atoms with E-state index in [1.165, 1.54) is 0 Å². The number of phenols is 1. The van der Waals surface area contributed by atoms with Crippen molar-refractivity contribution in [3.8, 4) is 11.2 Å². The molecule has 0 saturated carbocycles. The Morgan fingerprint density at radius 1 is 1.29 bits per heavy atom. The van der Waals surface area contributed by atoms with Crippen LogP contribution in [0, 0.1) is 10.7 Å². The van der Waals surface area contributed by atoms with E-state index in [4.69, 9.17) is 5.26 Å². The molecule has 1 heterocycles. The minimum Gasteiger partial charge on any atom is -0.506 e. The summed E-state index contributed by atoms with van der Waals surface area (Å²) in [7, 11) is 0. The van der Waals surface area contributed by atoms with E-state index in [1.807, 2.05) is 17.5 Å². The lowest BCUT2D eigenvalue weighted by Gasteiger charge is -2.00. The lowest BCUT2D eigenvalue weighted by molar-refractivity contribution is 0.480. The first kappa shape index (κ1) is 8.85. The molecule has 0 unspecified atom stereocenters. The number of fused-ring (bicyclic) bond motifs is 1. The minimum absolute atomic E-state index is 0.142. The Balaban J connectivity index is 2.65. The first-order valence-corrected chi connectivity index (χ1v) is 4.77. The summed E-state index contributed by atoms with van der Waals surface area (Å²) >= 11 is 0.982. The van der Waals surface area contributed by atoms with Crippen LogP contribution in [0.25, 0.3) is 10.9 Å². The lowest BCUT2D eigenvalue weighted by atomic mass is 10.2. The number of phenolic OH excluding ortho intramolecular Hbond substituents is 1. The summed E-state index contributed by atoms with van der Waals surface area (Å²) in [5.41, 5.74) is 0.535. The van der Waals surface area contributed by atoms with E-state index in [0.717, 1.165) is 17.1 Å². The average Bonchev–Trinajstić information content (AvgIpc) is 2.20. The first-order chi connectivity index (χ1) is 6.81. The van der Waals surface area contributed by atoms with Gasteiger partial charge in [-0.05, 0) is 18.2 Å².